The predicted molar refractivity (Wildman–Crippen MR) is 32.0 cm³/mol. The number of carbonyl (C=O) groups is 1. The summed E-state index contributed by atoms with van der Waals surface area (Å²) in [5, 5.41) is 11.4. The molecular weight excluding hydrogens is 120 g/mol. The second-order valence-corrected chi connectivity index (χ2v) is 2.27. The quantitative estimate of drug-likeness (QED) is 0.409. The third-order valence-electron chi connectivity index (χ3n) is 1.58. The van der Waals surface area contributed by atoms with E-state index in [1.54, 1.807) is 0 Å². The van der Waals surface area contributed by atoms with Gasteiger partial charge in [-0.2, -0.15) is 0 Å². The van der Waals surface area contributed by atoms with Crippen molar-refractivity contribution in [3.63, 3.8) is 0 Å². The molecule has 0 spiro atoms. The van der Waals surface area contributed by atoms with Crippen LogP contribution in [0.1, 0.15) is 0 Å². The van der Waals surface area contributed by atoms with Gasteiger partial charge in [-0.15, -0.1) is 0 Å². The fourth-order valence-corrected chi connectivity index (χ4v) is 0.970. The van der Waals surface area contributed by atoms with Gasteiger partial charge in [0.2, 0.25) is 0 Å². The van der Waals surface area contributed by atoms with Crippen molar-refractivity contribution in [1.82, 2.24) is 5.32 Å². The molecule has 1 rings (SSSR count). The molecule has 0 bridgehead atoms. The molecule has 52 valence electrons. The number of carboxylic acid groups (broad SMARTS) is 1. The molecule has 1 aliphatic heterocycles. The van der Waals surface area contributed by atoms with Gasteiger partial charge in [0, 0.05) is 19.1 Å². The summed E-state index contributed by atoms with van der Waals surface area (Å²) < 4.78 is 0. The van der Waals surface area contributed by atoms with Crippen molar-refractivity contribution in [3.05, 3.63) is 0 Å². The molecule has 9 heavy (non-hydrogen) atoms. The van der Waals surface area contributed by atoms with Gasteiger partial charge >= 0.3 is 5.97 Å². The molecule has 1 saturated heterocycles. The number of nitrogens with one attached hydrogen (secondary N) is 1. The Morgan fingerprint density at radius 3 is 2.56 bits per heavy atom. The molecule has 2 atom stereocenters. The molecule has 1 aliphatic rings. The van der Waals surface area contributed by atoms with E-state index in [0.29, 0.717) is 13.1 Å². The molecule has 1 fully saturated rings. The van der Waals surface area contributed by atoms with Crippen molar-refractivity contribution in [2.24, 2.45) is 11.7 Å². The molecule has 0 saturated carbocycles. The second kappa shape index (κ2) is 2.33. The van der Waals surface area contributed by atoms with Crippen LogP contribution in [0.25, 0.3) is 0 Å². The smallest absolute Gasteiger partial charge is 0.309 e. The van der Waals surface area contributed by atoms with E-state index >= 15 is 0 Å². The van der Waals surface area contributed by atoms with Gasteiger partial charge in [-0.3, -0.25) is 4.79 Å². The summed E-state index contributed by atoms with van der Waals surface area (Å²) in [5.41, 5.74) is 5.44. The molecule has 0 amide bonds. The number of hydrogen-bond acceptors (Lipinski definition) is 3. The van der Waals surface area contributed by atoms with E-state index in [-0.39, 0.29) is 12.0 Å². The Kier molecular flexibility index (Phi) is 1.68. The molecule has 4 N–H and O–H groups in total. The SMILES string of the molecule is N[C@@H]1CNCC1C(=O)O. The van der Waals surface area contributed by atoms with Crippen LogP contribution in [0.2, 0.25) is 0 Å². The fourth-order valence-electron chi connectivity index (χ4n) is 0.970. The molecule has 4 heteroatoms. The lowest BCUT2D eigenvalue weighted by atomic mass is 10.1. The predicted octanol–water partition coefficient (Wildman–Crippen LogP) is -1.38. The van der Waals surface area contributed by atoms with Gasteiger partial charge in [-0.05, 0) is 0 Å². The first kappa shape index (κ1) is 6.51. The molecule has 0 aliphatic carbocycles. The molecule has 4 nitrogen and oxygen atoms in total. The Bertz CT molecular complexity index is 126. The topological polar surface area (TPSA) is 75.3 Å². The van der Waals surface area contributed by atoms with Gasteiger partial charge in [0.05, 0.1) is 5.92 Å². The van der Waals surface area contributed by atoms with Crippen LogP contribution < -0.4 is 11.1 Å². The minimum absolute atomic E-state index is 0.206. The van der Waals surface area contributed by atoms with Crippen molar-refractivity contribution in [3.8, 4) is 0 Å². The van der Waals surface area contributed by atoms with Gasteiger partial charge < -0.3 is 16.2 Å². The summed E-state index contributed by atoms with van der Waals surface area (Å²) in [4.78, 5) is 10.3. The van der Waals surface area contributed by atoms with Crippen molar-refractivity contribution < 1.29 is 9.90 Å². The maximum absolute atomic E-state index is 10.3. The summed E-state index contributed by atoms with van der Waals surface area (Å²) in [6, 6.07) is -0.206. The number of hydrogen-bond donors (Lipinski definition) is 3. The normalized spacial score (nSPS) is 34.8. The van der Waals surface area contributed by atoms with Gasteiger partial charge in [0.1, 0.15) is 0 Å². The lowest BCUT2D eigenvalue weighted by Crippen LogP contribution is -2.33. The Morgan fingerprint density at radius 1 is 1.67 bits per heavy atom. The summed E-state index contributed by atoms with van der Waals surface area (Å²) in [5.74, 6) is -1.18. The highest BCUT2D eigenvalue weighted by Crippen LogP contribution is 2.05. The summed E-state index contributed by atoms with van der Waals surface area (Å²) in [7, 11) is 0. The number of nitrogens with two attached hydrogens (primary N) is 1. The second-order valence-electron chi connectivity index (χ2n) is 2.27. The first-order chi connectivity index (χ1) is 4.22. The Hall–Kier alpha value is -0.610. The van der Waals surface area contributed by atoms with Crippen LogP contribution in [0.4, 0.5) is 0 Å². The molecule has 0 aromatic rings. The van der Waals surface area contributed by atoms with Crippen LogP contribution in [0.5, 0.6) is 0 Å². The van der Waals surface area contributed by atoms with Crippen molar-refractivity contribution >= 4 is 5.97 Å². The highest BCUT2D eigenvalue weighted by atomic mass is 16.4. The van der Waals surface area contributed by atoms with E-state index in [9.17, 15) is 4.79 Å². The Morgan fingerprint density at radius 2 is 2.33 bits per heavy atom. The van der Waals surface area contributed by atoms with Crippen molar-refractivity contribution in [1.29, 1.82) is 0 Å². The van der Waals surface area contributed by atoms with Crippen LogP contribution in [-0.2, 0) is 4.79 Å². The molecular formula is C5H10N2O2. The first-order valence-corrected chi connectivity index (χ1v) is 2.91. The Balaban J connectivity index is 2.49. The van der Waals surface area contributed by atoms with E-state index in [4.69, 9.17) is 10.8 Å². The minimum Gasteiger partial charge on any atom is -0.481 e. The van der Waals surface area contributed by atoms with Crippen LogP contribution in [0.15, 0.2) is 0 Å². The number of rotatable bonds is 1. The third kappa shape index (κ3) is 1.20. The van der Waals surface area contributed by atoms with Gasteiger partial charge in [0.25, 0.3) is 0 Å². The maximum atomic E-state index is 10.3. The van der Waals surface area contributed by atoms with Gasteiger partial charge in [0.15, 0.2) is 0 Å². The number of carboxylic acids is 1. The largest absolute Gasteiger partial charge is 0.481 e. The van der Waals surface area contributed by atoms with E-state index in [1.165, 1.54) is 0 Å². The van der Waals surface area contributed by atoms with Crippen LogP contribution in [-0.4, -0.2) is 30.2 Å². The highest BCUT2D eigenvalue weighted by molar-refractivity contribution is 5.71. The van der Waals surface area contributed by atoms with E-state index in [2.05, 4.69) is 5.32 Å². The standard InChI is InChI=1S/C5H10N2O2/c6-4-2-7-1-3(4)5(8)9/h3-4,7H,1-2,6H2,(H,8,9)/t3?,4-/m1/s1. The third-order valence-corrected chi connectivity index (χ3v) is 1.58. The summed E-state index contributed by atoms with van der Waals surface area (Å²) in [6.45, 7) is 1.13. The van der Waals surface area contributed by atoms with Gasteiger partial charge in [-0.25, -0.2) is 0 Å². The molecule has 0 radical (unpaired) electrons. The van der Waals surface area contributed by atoms with Crippen LogP contribution in [0.3, 0.4) is 0 Å². The highest BCUT2D eigenvalue weighted by Gasteiger charge is 2.29. The van der Waals surface area contributed by atoms with Crippen LogP contribution in [0, 0.1) is 5.92 Å². The summed E-state index contributed by atoms with van der Waals surface area (Å²) in [6.07, 6.45) is 0. The fraction of sp³-hybridized carbons (Fsp3) is 0.800. The van der Waals surface area contributed by atoms with Gasteiger partial charge in [-0.1, -0.05) is 0 Å². The monoisotopic (exact) mass is 130 g/mol. The minimum atomic E-state index is -0.799. The Labute approximate surface area is 53.0 Å². The zero-order valence-corrected chi connectivity index (χ0v) is 5.00. The average molecular weight is 130 g/mol. The van der Waals surface area contributed by atoms with E-state index in [0.717, 1.165) is 0 Å². The zero-order chi connectivity index (χ0) is 6.85. The van der Waals surface area contributed by atoms with Crippen molar-refractivity contribution in [2.45, 2.75) is 6.04 Å². The summed E-state index contributed by atoms with van der Waals surface area (Å²) >= 11 is 0. The average Bonchev–Trinajstić information content (AvgIpc) is 2.13. The molecule has 1 unspecified atom stereocenters. The first-order valence-electron chi connectivity index (χ1n) is 2.91. The molecule has 1 heterocycles. The maximum Gasteiger partial charge on any atom is 0.309 e. The lowest BCUT2D eigenvalue weighted by Gasteiger charge is -2.06. The van der Waals surface area contributed by atoms with E-state index in [1.807, 2.05) is 0 Å². The molecule has 0 aromatic heterocycles. The lowest BCUT2D eigenvalue weighted by molar-refractivity contribution is -0.141. The van der Waals surface area contributed by atoms with Crippen LogP contribution >= 0.6 is 0 Å². The zero-order valence-electron chi connectivity index (χ0n) is 5.00. The van der Waals surface area contributed by atoms with E-state index < -0.39 is 5.97 Å². The van der Waals surface area contributed by atoms with Crippen molar-refractivity contribution in [2.75, 3.05) is 13.1 Å². The number of aliphatic carboxylic acids is 1. The molecule has 0 aromatic carbocycles.